The minimum atomic E-state index is -0.878. The van der Waals surface area contributed by atoms with Crippen molar-refractivity contribution in [2.75, 3.05) is 0 Å². The van der Waals surface area contributed by atoms with Crippen molar-refractivity contribution in [1.82, 2.24) is 10.5 Å². The average Bonchev–Trinajstić information content (AvgIpc) is 2.89. The number of nitrogens with zero attached hydrogens (tertiary/aromatic N) is 1. The normalized spacial score (nSPS) is 23.6. The predicted octanol–water partition coefficient (Wildman–Crippen LogP) is 1.18. The van der Waals surface area contributed by atoms with Gasteiger partial charge >= 0.3 is 5.97 Å². The van der Waals surface area contributed by atoms with Crippen LogP contribution in [0.1, 0.15) is 31.4 Å². The van der Waals surface area contributed by atoms with Crippen LogP contribution in [0.4, 0.5) is 0 Å². The highest BCUT2D eigenvalue weighted by Gasteiger charge is 2.35. The van der Waals surface area contributed by atoms with E-state index in [9.17, 15) is 9.59 Å². The smallest absolute Gasteiger partial charge is 0.307 e. The van der Waals surface area contributed by atoms with Gasteiger partial charge in [0.05, 0.1) is 18.4 Å². The van der Waals surface area contributed by atoms with Gasteiger partial charge in [-0.05, 0) is 12.8 Å². The summed E-state index contributed by atoms with van der Waals surface area (Å²) >= 11 is 0. The summed E-state index contributed by atoms with van der Waals surface area (Å²) in [5.41, 5.74) is 0.631. The van der Waals surface area contributed by atoms with E-state index in [2.05, 4.69) is 15.0 Å². The van der Waals surface area contributed by atoms with Crippen molar-refractivity contribution in [3.05, 3.63) is 18.0 Å². The van der Waals surface area contributed by atoms with Crippen LogP contribution in [0.2, 0.25) is 0 Å². The first-order valence-electron chi connectivity index (χ1n) is 6.08. The fourth-order valence-corrected chi connectivity index (χ4v) is 2.38. The molecule has 1 aromatic heterocycles. The summed E-state index contributed by atoms with van der Waals surface area (Å²) in [7, 11) is 0. The van der Waals surface area contributed by atoms with E-state index in [1.54, 1.807) is 6.07 Å². The van der Waals surface area contributed by atoms with E-state index in [-0.39, 0.29) is 12.5 Å². The van der Waals surface area contributed by atoms with Crippen molar-refractivity contribution in [1.29, 1.82) is 0 Å². The summed E-state index contributed by atoms with van der Waals surface area (Å²) < 4.78 is 4.66. The van der Waals surface area contributed by atoms with Crippen LogP contribution in [-0.2, 0) is 16.1 Å². The second-order valence-corrected chi connectivity index (χ2v) is 4.54. The third-order valence-electron chi connectivity index (χ3n) is 3.35. The number of hydrogen-bond acceptors (Lipinski definition) is 4. The molecule has 98 valence electrons. The predicted molar refractivity (Wildman–Crippen MR) is 61.4 cm³/mol. The maximum absolute atomic E-state index is 12.0. The Morgan fingerprint density at radius 3 is 2.72 bits per heavy atom. The largest absolute Gasteiger partial charge is 0.481 e. The molecule has 6 heteroatoms. The molecule has 0 aliphatic heterocycles. The molecule has 1 aliphatic carbocycles. The third kappa shape index (κ3) is 2.88. The quantitative estimate of drug-likeness (QED) is 0.839. The number of hydrogen-bond donors (Lipinski definition) is 2. The summed E-state index contributed by atoms with van der Waals surface area (Å²) in [4.78, 5) is 23.1. The number of carbonyl (C=O) groups is 2. The van der Waals surface area contributed by atoms with Crippen molar-refractivity contribution in [2.24, 2.45) is 11.8 Å². The van der Waals surface area contributed by atoms with Gasteiger partial charge in [0.25, 0.3) is 0 Å². The second-order valence-electron chi connectivity index (χ2n) is 4.54. The molecule has 2 rings (SSSR count). The highest BCUT2D eigenvalue weighted by Crippen LogP contribution is 2.30. The SMILES string of the molecule is O=C(O)C1CCCCC1C(=O)NCc1ccon1. The van der Waals surface area contributed by atoms with Gasteiger partial charge in [-0.25, -0.2) is 0 Å². The molecule has 1 aromatic rings. The van der Waals surface area contributed by atoms with E-state index in [1.165, 1.54) is 6.26 Å². The minimum absolute atomic E-state index is 0.204. The Bertz CT molecular complexity index is 416. The number of carboxylic acid groups (broad SMARTS) is 1. The van der Waals surface area contributed by atoms with Crippen LogP contribution in [0.3, 0.4) is 0 Å². The molecule has 2 atom stereocenters. The Kier molecular flexibility index (Phi) is 3.96. The average molecular weight is 252 g/mol. The van der Waals surface area contributed by atoms with Crippen LogP contribution in [0.15, 0.2) is 16.9 Å². The number of carboxylic acids is 1. The van der Waals surface area contributed by atoms with E-state index in [0.717, 1.165) is 12.8 Å². The second kappa shape index (κ2) is 5.66. The van der Waals surface area contributed by atoms with Gasteiger partial charge in [-0.3, -0.25) is 9.59 Å². The van der Waals surface area contributed by atoms with E-state index >= 15 is 0 Å². The zero-order chi connectivity index (χ0) is 13.0. The Hall–Kier alpha value is -1.85. The molecule has 18 heavy (non-hydrogen) atoms. The molecule has 1 saturated carbocycles. The van der Waals surface area contributed by atoms with Gasteiger partial charge in [-0.2, -0.15) is 0 Å². The number of nitrogens with one attached hydrogen (secondary N) is 1. The fraction of sp³-hybridized carbons (Fsp3) is 0.583. The number of aromatic nitrogens is 1. The third-order valence-corrected chi connectivity index (χ3v) is 3.35. The molecule has 0 radical (unpaired) electrons. The minimum Gasteiger partial charge on any atom is -0.481 e. The molecule has 1 amide bonds. The summed E-state index contributed by atoms with van der Waals surface area (Å²) in [5.74, 6) is -2.07. The molecular formula is C12H16N2O4. The van der Waals surface area contributed by atoms with Gasteiger partial charge in [0.1, 0.15) is 12.0 Å². The van der Waals surface area contributed by atoms with Crippen molar-refractivity contribution >= 4 is 11.9 Å². The summed E-state index contributed by atoms with van der Waals surface area (Å²) in [6.07, 6.45) is 4.44. The highest BCUT2D eigenvalue weighted by molar-refractivity contribution is 5.84. The molecule has 0 aromatic carbocycles. The molecule has 2 unspecified atom stereocenters. The van der Waals surface area contributed by atoms with E-state index in [0.29, 0.717) is 18.5 Å². The zero-order valence-corrected chi connectivity index (χ0v) is 9.96. The summed E-state index contributed by atoms with van der Waals surface area (Å²) in [6.45, 7) is 0.276. The van der Waals surface area contributed by atoms with Gasteiger partial charge in [0.15, 0.2) is 0 Å². The first-order chi connectivity index (χ1) is 8.68. The number of rotatable bonds is 4. The zero-order valence-electron chi connectivity index (χ0n) is 9.96. The molecule has 0 bridgehead atoms. The van der Waals surface area contributed by atoms with Crippen LogP contribution in [0.5, 0.6) is 0 Å². The lowest BCUT2D eigenvalue weighted by atomic mass is 9.79. The van der Waals surface area contributed by atoms with Gasteiger partial charge in [0.2, 0.25) is 5.91 Å². The lowest BCUT2D eigenvalue weighted by molar-refractivity contribution is -0.148. The van der Waals surface area contributed by atoms with Crippen LogP contribution < -0.4 is 5.32 Å². The van der Waals surface area contributed by atoms with E-state index < -0.39 is 17.8 Å². The summed E-state index contributed by atoms with van der Waals surface area (Å²) in [5, 5.41) is 15.5. The molecule has 1 aliphatic rings. The number of aliphatic carboxylic acids is 1. The maximum Gasteiger partial charge on any atom is 0.307 e. The highest BCUT2D eigenvalue weighted by atomic mass is 16.5. The standard InChI is InChI=1S/C12H16N2O4/c15-11(13-7-8-5-6-18-14-8)9-3-1-2-4-10(9)12(16)17/h5-6,9-10H,1-4,7H2,(H,13,15)(H,16,17). The van der Waals surface area contributed by atoms with Gasteiger partial charge in [-0.15, -0.1) is 0 Å². The number of carbonyl (C=O) groups excluding carboxylic acids is 1. The Labute approximate surface area is 104 Å². The molecule has 1 heterocycles. The van der Waals surface area contributed by atoms with Crippen LogP contribution in [0.25, 0.3) is 0 Å². The monoisotopic (exact) mass is 252 g/mol. The van der Waals surface area contributed by atoms with Crippen LogP contribution in [-0.4, -0.2) is 22.1 Å². The molecule has 0 spiro atoms. The molecule has 1 fully saturated rings. The first-order valence-corrected chi connectivity index (χ1v) is 6.08. The van der Waals surface area contributed by atoms with E-state index in [1.807, 2.05) is 0 Å². The van der Waals surface area contributed by atoms with E-state index in [4.69, 9.17) is 5.11 Å². The topological polar surface area (TPSA) is 92.4 Å². The Morgan fingerprint density at radius 2 is 2.11 bits per heavy atom. The van der Waals surface area contributed by atoms with Crippen molar-refractivity contribution in [3.63, 3.8) is 0 Å². The van der Waals surface area contributed by atoms with Crippen LogP contribution in [0, 0.1) is 11.8 Å². The fourth-order valence-electron chi connectivity index (χ4n) is 2.38. The van der Waals surface area contributed by atoms with Gasteiger partial charge in [-0.1, -0.05) is 18.0 Å². The van der Waals surface area contributed by atoms with Crippen LogP contribution >= 0.6 is 0 Å². The Morgan fingerprint density at radius 1 is 1.39 bits per heavy atom. The Balaban J connectivity index is 1.92. The molecular weight excluding hydrogens is 236 g/mol. The lowest BCUT2D eigenvalue weighted by Crippen LogP contribution is -2.39. The lowest BCUT2D eigenvalue weighted by Gasteiger charge is -2.27. The van der Waals surface area contributed by atoms with Crippen molar-refractivity contribution in [3.8, 4) is 0 Å². The van der Waals surface area contributed by atoms with Crippen molar-refractivity contribution in [2.45, 2.75) is 32.2 Å². The molecule has 6 nitrogen and oxygen atoms in total. The molecule has 2 N–H and O–H groups in total. The van der Waals surface area contributed by atoms with Gasteiger partial charge < -0.3 is 14.9 Å². The first kappa shape index (κ1) is 12.6. The molecule has 0 saturated heterocycles. The summed E-state index contributed by atoms with van der Waals surface area (Å²) in [6, 6.07) is 1.66. The maximum atomic E-state index is 12.0. The number of amides is 1. The van der Waals surface area contributed by atoms with Gasteiger partial charge in [0, 0.05) is 6.07 Å². The van der Waals surface area contributed by atoms with Crippen molar-refractivity contribution < 1.29 is 19.2 Å².